The van der Waals surface area contributed by atoms with Crippen molar-refractivity contribution in [2.75, 3.05) is 11.4 Å². The van der Waals surface area contributed by atoms with Crippen LogP contribution >= 0.6 is 0 Å². The molecule has 0 fully saturated rings. The standard InChI is InChI=1S/2C11H15N.C3H9N.4C2H6.B/c1-9(2)12-7-10-5-3-4-6-11(10)8-12;1-9(2)12-8-7-10-5-3-4-6-11(10)12;1-3(2)4;4*1-2;/h2*3-6,9H,7-8H2,1-2H3;3H,4H2,1-2H3;4*1-2H3;. The third-order valence-electron chi connectivity index (χ3n) is 5.14. The quantitative estimate of drug-likeness (QED) is 0.408. The average molecular weight is 513 g/mol. The van der Waals surface area contributed by atoms with E-state index in [0.717, 1.165) is 13.1 Å². The fourth-order valence-corrected chi connectivity index (χ4v) is 3.62. The predicted octanol–water partition coefficient (Wildman–Crippen LogP) is 8.95. The van der Waals surface area contributed by atoms with Gasteiger partial charge < -0.3 is 10.6 Å². The summed E-state index contributed by atoms with van der Waals surface area (Å²) in [6, 6.07) is 19.1. The molecular formula is C33H63BN3. The first-order valence-corrected chi connectivity index (χ1v) is 14.7. The Morgan fingerprint density at radius 1 is 0.595 bits per heavy atom. The molecule has 0 atom stereocenters. The molecule has 0 aromatic heterocycles. The van der Waals surface area contributed by atoms with Crippen molar-refractivity contribution in [2.24, 2.45) is 5.73 Å². The zero-order chi connectivity index (χ0) is 28.7. The van der Waals surface area contributed by atoms with Crippen molar-refractivity contribution in [3.05, 3.63) is 65.2 Å². The molecule has 2 heterocycles. The van der Waals surface area contributed by atoms with E-state index in [2.05, 4.69) is 86.0 Å². The second kappa shape index (κ2) is 27.3. The molecule has 0 saturated heterocycles. The Morgan fingerprint density at radius 2 is 0.946 bits per heavy atom. The van der Waals surface area contributed by atoms with Crippen molar-refractivity contribution < 1.29 is 0 Å². The minimum atomic E-state index is 0. The van der Waals surface area contributed by atoms with E-state index in [0.29, 0.717) is 18.1 Å². The minimum Gasteiger partial charge on any atom is -0.369 e. The molecule has 2 aromatic carbocycles. The molecule has 3 nitrogen and oxygen atoms in total. The molecular weight excluding hydrogens is 449 g/mol. The molecule has 0 unspecified atom stereocenters. The van der Waals surface area contributed by atoms with E-state index in [9.17, 15) is 0 Å². The molecule has 4 rings (SSSR count). The molecule has 2 aliphatic heterocycles. The zero-order valence-electron chi connectivity index (χ0n) is 27.2. The zero-order valence-corrected chi connectivity index (χ0v) is 27.2. The summed E-state index contributed by atoms with van der Waals surface area (Å²) in [6.45, 7) is 32.4. The number of para-hydroxylation sites is 1. The molecule has 0 saturated carbocycles. The molecule has 37 heavy (non-hydrogen) atoms. The van der Waals surface area contributed by atoms with Crippen LogP contribution in [-0.2, 0) is 19.5 Å². The maximum absolute atomic E-state index is 5.11. The van der Waals surface area contributed by atoms with Crippen molar-refractivity contribution in [1.82, 2.24) is 4.90 Å². The van der Waals surface area contributed by atoms with E-state index in [-0.39, 0.29) is 8.41 Å². The van der Waals surface area contributed by atoms with Crippen LogP contribution in [0.3, 0.4) is 0 Å². The highest BCUT2D eigenvalue weighted by Gasteiger charge is 2.20. The predicted molar refractivity (Wildman–Crippen MR) is 174 cm³/mol. The summed E-state index contributed by atoms with van der Waals surface area (Å²) in [5.74, 6) is 0. The van der Waals surface area contributed by atoms with Crippen LogP contribution in [0.25, 0.3) is 0 Å². The van der Waals surface area contributed by atoms with E-state index in [4.69, 9.17) is 5.73 Å². The van der Waals surface area contributed by atoms with Gasteiger partial charge in [0.1, 0.15) is 0 Å². The average Bonchev–Trinajstić information content (AvgIpc) is 3.54. The summed E-state index contributed by atoms with van der Waals surface area (Å²) in [5, 5.41) is 0. The van der Waals surface area contributed by atoms with Gasteiger partial charge >= 0.3 is 0 Å². The monoisotopic (exact) mass is 513 g/mol. The van der Waals surface area contributed by atoms with Crippen LogP contribution in [0.2, 0.25) is 0 Å². The van der Waals surface area contributed by atoms with Gasteiger partial charge in [0.15, 0.2) is 0 Å². The van der Waals surface area contributed by atoms with Crippen molar-refractivity contribution in [3.63, 3.8) is 0 Å². The van der Waals surface area contributed by atoms with Crippen molar-refractivity contribution in [2.45, 2.75) is 135 Å². The number of benzene rings is 2. The molecule has 2 N–H and O–H groups in total. The molecule has 0 bridgehead atoms. The summed E-state index contributed by atoms with van der Waals surface area (Å²) in [7, 11) is 0. The van der Waals surface area contributed by atoms with E-state index < -0.39 is 0 Å². The van der Waals surface area contributed by atoms with Crippen LogP contribution in [-0.4, -0.2) is 38.0 Å². The van der Waals surface area contributed by atoms with Gasteiger partial charge in [0, 0.05) is 45.8 Å². The van der Waals surface area contributed by atoms with Gasteiger partial charge in [-0.05, 0) is 62.9 Å². The Hall–Kier alpha value is -1.78. The first-order chi connectivity index (χ1) is 17.3. The smallest absolute Gasteiger partial charge is 0.0401 e. The van der Waals surface area contributed by atoms with Crippen molar-refractivity contribution in [1.29, 1.82) is 0 Å². The number of nitrogens with zero attached hydrogens (tertiary/aromatic N) is 2. The summed E-state index contributed by atoms with van der Waals surface area (Å²) < 4.78 is 0. The Labute approximate surface area is 235 Å². The van der Waals surface area contributed by atoms with Gasteiger partial charge in [-0.2, -0.15) is 0 Å². The van der Waals surface area contributed by atoms with Crippen LogP contribution < -0.4 is 10.6 Å². The molecule has 3 radical (unpaired) electrons. The lowest BCUT2D eigenvalue weighted by Gasteiger charge is -2.23. The van der Waals surface area contributed by atoms with Crippen LogP contribution in [0.4, 0.5) is 5.69 Å². The van der Waals surface area contributed by atoms with Crippen molar-refractivity contribution >= 4 is 14.1 Å². The highest BCUT2D eigenvalue weighted by atomic mass is 15.2. The van der Waals surface area contributed by atoms with Gasteiger partial charge in [0.2, 0.25) is 0 Å². The number of rotatable bonds is 2. The van der Waals surface area contributed by atoms with Gasteiger partial charge in [-0.25, -0.2) is 0 Å². The molecule has 0 spiro atoms. The maximum Gasteiger partial charge on any atom is 0.0401 e. The van der Waals surface area contributed by atoms with Gasteiger partial charge in [0.25, 0.3) is 0 Å². The number of nitrogens with two attached hydrogens (primary N) is 1. The maximum atomic E-state index is 5.11. The molecule has 0 aliphatic carbocycles. The van der Waals surface area contributed by atoms with Crippen LogP contribution in [0, 0.1) is 0 Å². The van der Waals surface area contributed by atoms with E-state index in [1.807, 2.05) is 69.2 Å². The second-order valence-electron chi connectivity index (χ2n) is 8.68. The Kier molecular flexibility index (Phi) is 31.2. The number of fused-ring (bicyclic) bond motifs is 2. The third-order valence-corrected chi connectivity index (χ3v) is 5.14. The summed E-state index contributed by atoms with van der Waals surface area (Å²) in [5.41, 5.74) is 11.1. The van der Waals surface area contributed by atoms with E-state index in [1.54, 1.807) is 0 Å². The van der Waals surface area contributed by atoms with Gasteiger partial charge in [-0.15, -0.1) is 0 Å². The summed E-state index contributed by atoms with van der Waals surface area (Å²) >= 11 is 0. The fraction of sp³-hybridized carbons (Fsp3) is 0.636. The number of hydrogen-bond acceptors (Lipinski definition) is 3. The Bertz CT molecular complexity index is 701. The molecule has 2 aliphatic rings. The Morgan fingerprint density at radius 3 is 1.30 bits per heavy atom. The van der Waals surface area contributed by atoms with Gasteiger partial charge in [0.05, 0.1) is 0 Å². The molecule has 213 valence electrons. The fourth-order valence-electron chi connectivity index (χ4n) is 3.62. The largest absolute Gasteiger partial charge is 0.369 e. The third kappa shape index (κ3) is 17.4. The molecule has 0 amide bonds. The van der Waals surface area contributed by atoms with Crippen molar-refractivity contribution in [3.8, 4) is 0 Å². The first-order valence-electron chi connectivity index (χ1n) is 14.7. The highest BCUT2D eigenvalue weighted by molar-refractivity contribution is 5.75. The lowest BCUT2D eigenvalue weighted by Crippen LogP contribution is -2.28. The number of hydrogen-bond donors (Lipinski definition) is 1. The first kappa shape index (κ1) is 42.3. The van der Waals surface area contributed by atoms with Gasteiger partial charge in [-0.3, -0.25) is 4.90 Å². The highest BCUT2D eigenvalue weighted by Crippen LogP contribution is 2.28. The van der Waals surface area contributed by atoms with Crippen LogP contribution in [0.1, 0.15) is 114 Å². The summed E-state index contributed by atoms with van der Waals surface area (Å²) in [4.78, 5) is 4.96. The lowest BCUT2D eigenvalue weighted by atomic mass is 10.1. The second-order valence-corrected chi connectivity index (χ2v) is 8.68. The molecule has 2 aromatic rings. The Balaban J connectivity index is -0.000000205. The lowest BCUT2D eigenvalue weighted by molar-refractivity contribution is 0.227. The molecule has 4 heteroatoms. The minimum absolute atomic E-state index is 0. The van der Waals surface area contributed by atoms with Gasteiger partial charge in [-0.1, -0.05) is 112 Å². The van der Waals surface area contributed by atoms with Crippen LogP contribution in [0.5, 0.6) is 0 Å². The van der Waals surface area contributed by atoms with Crippen LogP contribution in [0.15, 0.2) is 48.5 Å². The summed E-state index contributed by atoms with van der Waals surface area (Å²) in [6.07, 6.45) is 1.22. The topological polar surface area (TPSA) is 32.5 Å². The normalized spacial score (nSPS) is 12.1. The van der Waals surface area contributed by atoms with E-state index in [1.165, 1.54) is 35.3 Å². The number of anilines is 1. The SMILES string of the molecule is CC.CC.CC.CC.CC(C)N.CC(C)N1CCc2ccccc21.CC(C)N1Cc2ccccc2C1.[B]. The van der Waals surface area contributed by atoms with E-state index >= 15 is 0 Å².